The third-order valence-corrected chi connectivity index (χ3v) is 3.40. The first-order valence-electron chi connectivity index (χ1n) is 4.91. The second-order valence-corrected chi connectivity index (χ2v) is 4.46. The fourth-order valence-corrected chi connectivity index (χ4v) is 2.46. The van der Waals surface area contributed by atoms with E-state index in [-0.39, 0.29) is 0 Å². The van der Waals surface area contributed by atoms with Crippen LogP contribution >= 0.6 is 11.3 Å². The second-order valence-electron chi connectivity index (χ2n) is 3.29. The first kappa shape index (κ1) is 9.95. The zero-order valence-corrected chi connectivity index (χ0v) is 9.13. The van der Waals surface area contributed by atoms with Gasteiger partial charge in [0.15, 0.2) is 0 Å². The highest BCUT2D eigenvalue weighted by atomic mass is 32.1. The smallest absolute Gasteiger partial charge is 0.0625 e. The lowest BCUT2D eigenvalue weighted by molar-refractivity contribution is 1.04. The lowest BCUT2D eigenvalue weighted by atomic mass is 10.2. The minimum absolute atomic E-state index is 0.606. The Bertz CT molecular complexity index is 465. The molecule has 0 radical (unpaired) electrons. The summed E-state index contributed by atoms with van der Waals surface area (Å²) in [6.07, 6.45) is 1.47. The Hall–Kier alpha value is -1.59. The van der Waals surface area contributed by atoms with E-state index in [1.807, 2.05) is 18.2 Å². The highest BCUT2D eigenvalue weighted by Crippen LogP contribution is 2.28. The summed E-state index contributed by atoms with van der Waals surface area (Å²) in [6, 6.07) is 16.8. The molecule has 0 amide bonds. The number of nitrogens with zero attached hydrogens (tertiary/aromatic N) is 1. The Morgan fingerprint density at radius 2 is 1.87 bits per heavy atom. The second kappa shape index (κ2) is 4.77. The van der Waals surface area contributed by atoms with Crippen LogP contribution in [-0.2, 0) is 6.42 Å². The molecule has 0 N–H and O–H groups in total. The first-order valence-corrected chi connectivity index (χ1v) is 5.73. The zero-order valence-electron chi connectivity index (χ0n) is 8.31. The van der Waals surface area contributed by atoms with Crippen LogP contribution in [0.5, 0.6) is 0 Å². The molecule has 0 unspecified atom stereocenters. The number of aryl methyl sites for hydroxylation is 1. The fraction of sp³-hybridized carbons (Fsp3) is 0.154. The zero-order chi connectivity index (χ0) is 10.5. The van der Waals surface area contributed by atoms with E-state index in [2.05, 4.69) is 30.3 Å². The third kappa shape index (κ3) is 2.45. The molecule has 0 bridgehead atoms. The molecule has 0 saturated heterocycles. The number of nitriles is 1. The maximum atomic E-state index is 8.51. The lowest BCUT2D eigenvalue weighted by Gasteiger charge is -1.94. The van der Waals surface area contributed by atoms with Crippen molar-refractivity contribution in [2.75, 3.05) is 0 Å². The molecular formula is C13H11NS. The number of benzene rings is 1. The Morgan fingerprint density at radius 3 is 2.60 bits per heavy atom. The van der Waals surface area contributed by atoms with E-state index in [0.717, 1.165) is 6.42 Å². The van der Waals surface area contributed by atoms with Gasteiger partial charge in [0.1, 0.15) is 0 Å². The maximum Gasteiger partial charge on any atom is 0.0625 e. The van der Waals surface area contributed by atoms with Crippen molar-refractivity contribution in [1.29, 1.82) is 5.26 Å². The summed E-state index contributed by atoms with van der Waals surface area (Å²) in [5.74, 6) is 0. The van der Waals surface area contributed by atoms with Crippen LogP contribution < -0.4 is 0 Å². The normalized spacial score (nSPS) is 9.80. The molecule has 74 valence electrons. The number of hydrogen-bond acceptors (Lipinski definition) is 2. The molecule has 0 aliphatic carbocycles. The van der Waals surface area contributed by atoms with Crippen molar-refractivity contribution in [2.45, 2.75) is 12.8 Å². The molecule has 0 spiro atoms. The topological polar surface area (TPSA) is 23.8 Å². The van der Waals surface area contributed by atoms with Gasteiger partial charge in [0, 0.05) is 16.2 Å². The van der Waals surface area contributed by atoms with Gasteiger partial charge in [-0.15, -0.1) is 11.3 Å². The van der Waals surface area contributed by atoms with E-state index < -0.39 is 0 Å². The number of thiophene rings is 1. The monoisotopic (exact) mass is 213 g/mol. The van der Waals surface area contributed by atoms with E-state index >= 15 is 0 Å². The van der Waals surface area contributed by atoms with E-state index in [0.29, 0.717) is 6.42 Å². The number of rotatable bonds is 3. The van der Waals surface area contributed by atoms with E-state index in [9.17, 15) is 0 Å². The molecule has 1 aromatic carbocycles. The number of hydrogen-bond donors (Lipinski definition) is 0. The predicted octanol–water partition coefficient (Wildman–Crippen LogP) is 3.87. The summed E-state index contributed by atoms with van der Waals surface area (Å²) in [5, 5.41) is 8.51. The van der Waals surface area contributed by atoms with E-state index in [1.165, 1.54) is 15.3 Å². The molecule has 0 aliphatic rings. The van der Waals surface area contributed by atoms with Crippen molar-refractivity contribution in [1.82, 2.24) is 0 Å². The molecule has 15 heavy (non-hydrogen) atoms. The molecule has 1 aromatic heterocycles. The van der Waals surface area contributed by atoms with Crippen molar-refractivity contribution in [3.8, 4) is 16.5 Å². The minimum atomic E-state index is 0.606. The summed E-state index contributed by atoms with van der Waals surface area (Å²) < 4.78 is 0. The molecule has 2 rings (SSSR count). The molecule has 1 heterocycles. The molecule has 1 nitrogen and oxygen atoms in total. The van der Waals surface area contributed by atoms with Gasteiger partial charge >= 0.3 is 0 Å². The largest absolute Gasteiger partial charge is 0.198 e. The van der Waals surface area contributed by atoms with Gasteiger partial charge in [-0.2, -0.15) is 5.26 Å². The summed E-state index contributed by atoms with van der Waals surface area (Å²) in [5.41, 5.74) is 1.26. The fourth-order valence-electron chi connectivity index (χ4n) is 1.45. The molecule has 0 atom stereocenters. The van der Waals surface area contributed by atoms with Crippen LogP contribution in [0.1, 0.15) is 11.3 Å². The predicted molar refractivity (Wildman–Crippen MR) is 63.7 cm³/mol. The molecular weight excluding hydrogens is 202 g/mol. The van der Waals surface area contributed by atoms with Crippen LogP contribution in [0, 0.1) is 11.3 Å². The highest BCUT2D eigenvalue weighted by molar-refractivity contribution is 7.15. The molecule has 0 fully saturated rings. The standard InChI is InChI=1S/C13H11NS/c14-10-4-7-12-8-9-13(15-12)11-5-2-1-3-6-11/h1-3,5-6,8-9H,4,7H2. The van der Waals surface area contributed by atoms with Gasteiger partial charge in [0.05, 0.1) is 6.07 Å². The summed E-state index contributed by atoms with van der Waals surface area (Å²) in [4.78, 5) is 2.57. The third-order valence-electron chi connectivity index (χ3n) is 2.20. The molecule has 0 saturated carbocycles. The molecule has 2 heteroatoms. The molecule has 2 aromatic rings. The van der Waals surface area contributed by atoms with Crippen LogP contribution in [0.4, 0.5) is 0 Å². The van der Waals surface area contributed by atoms with Crippen molar-refractivity contribution in [3.05, 3.63) is 47.3 Å². The van der Waals surface area contributed by atoms with Gasteiger partial charge in [0.2, 0.25) is 0 Å². The van der Waals surface area contributed by atoms with Crippen LogP contribution in [0.2, 0.25) is 0 Å². The molecule has 0 aliphatic heterocycles. The van der Waals surface area contributed by atoms with Crippen LogP contribution in [0.15, 0.2) is 42.5 Å². The van der Waals surface area contributed by atoms with E-state index in [4.69, 9.17) is 5.26 Å². The van der Waals surface area contributed by atoms with Gasteiger partial charge in [-0.25, -0.2) is 0 Å². The van der Waals surface area contributed by atoms with Crippen molar-refractivity contribution < 1.29 is 0 Å². The Balaban J connectivity index is 2.18. The lowest BCUT2D eigenvalue weighted by Crippen LogP contribution is -1.74. The van der Waals surface area contributed by atoms with Crippen molar-refractivity contribution in [3.63, 3.8) is 0 Å². The van der Waals surface area contributed by atoms with Crippen molar-refractivity contribution in [2.24, 2.45) is 0 Å². The van der Waals surface area contributed by atoms with Gasteiger partial charge in [-0.05, 0) is 24.1 Å². The van der Waals surface area contributed by atoms with Crippen molar-refractivity contribution >= 4 is 11.3 Å². The SMILES string of the molecule is N#CCCc1ccc(-c2ccccc2)s1. The Labute approximate surface area is 93.6 Å². The maximum absolute atomic E-state index is 8.51. The quantitative estimate of drug-likeness (QED) is 0.759. The highest BCUT2D eigenvalue weighted by Gasteiger charge is 2.01. The minimum Gasteiger partial charge on any atom is -0.198 e. The van der Waals surface area contributed by atoms with Gasteiger partial charge < -0.3 is 0 Å². The summed E-state index contributed by atoms with van der Waals surface area (Å²) >= 11 is 1.77. The van der Waals surface area contributed by atoms with Crippen LogP contribution in [-0.4, -0.2) is 0 Å². The average molecular weight is 213 g/mol. The summed E-state index contributed by atoms with van der Waals surface area (Å²) in [6.45, 7) is 0. The first-order chi connectivity index (χ1) is 7.40. The van der Waals surface area contributed by atoms with Crippen LogP contribution in [0.25, 0.3) is 10.4 Å². The summed E-state index contributed by atoms with van der Waals surface area (Å²) in [7, 11) is 0. The van der Waals surface area contributed by atoms with Gasteiger partial charge in [-0.3, -0.25) is 0 Å². The van der Waals surface area contributed by atoms with Gasteiger partial charge in [0.25, 0.3) is 0 Å². The average Bonchev–Trinajstić information content (AvgIpc) is 2.76. The Kier molecular flexibility index (Phi) is 3.16. The van der Waals surface area contributed by atoms with Crippen LogP contribution in [0.3, 0.4) is 0 Å². The van der Waals surface area contributed by atoms with E-state index in [1.54, 1.807) is 11.3 Å². The van der Waals surface area contributed by atoms with Gasteiger partial charge in [-0.1, -0.05) is 30.3 Å². The Morgan fingerprint density at radius 1 is 1.07 bits per heavy atom.